The van der Waals surface area contributed by atoms with E-state index in [1.165, 1.54) is 27.4 Å². The Bertz CT molecular complexity index is 788. The zero-order chi connectivity index (χ0) is 15.8. The number of carbonyl (C=O) groups is 1. The van der Waals surface area contributed by atoms with Crippen molar-refractivity contribution >= 4 is 42.1 Å². The summed E-state index contributed by atoms with van der Waals surface area (Å²) in [5.74, 6) is -0.0321. The van der Waals surface area contributed by atoms with Crippen LogP contribution in [-0.2, 0) is 24.3 Å². The standard InChI is InChI=1S/C16H18N4O2S.2ClH/c21-15-2-1-5-17-20(15)11-16(22)19-9-13(10-19)18-6-3-14-12(8-18)4-7-23-14;;/h1-2,4-5,7,13H,3,6,8-11H2;2*1H. The molecule has 1 fully saturated rings. The molecule has 0 bridgehead atoms. The molecule has 0 atom stereocenters. The second-order valence-corrected chi connectivity index (χ2v) is 7.06. The summed E-state index contributed by atoms with van der Waals surface area (Å²) in [6.07, 6.45) is 2.64. The minimum absolute atomic E-state index is 0. The highest BCUT2D eigenvalue weighted by atomic mass is 35.5. The van der Waals surface area contributed by atoms with E-state index >= 15 is 0 Å². The maximum atomic E-state index is 12.2. The molecular weight excluding hydrogens is 383 g/mol. The average Bonchev–Trinajstić information content (AvgIpc) is 2.96. The molecule has 0 N–H and O–H groups in total. The van der Waals surface area contributed by atoms with Gasteiger partial charge in [0.2, 0.25) is 5.91 Å². The Morgan fingerprint density at radius 3 is 2.84 bits per heavy atom. The van der Waals surface area contributed by atoms with Gasteiger partial charge in [-0.05, 0) is 29.5 Å². The zero-order valence-corrected chi connectivity index (χ0v) is 16.0. The fraction of sp³-hybridized carbons (Fsp3) is 0.438. The molecule has 0 aromatic carbocycles. The summed E-state index contributed by atoms with van der Waals surface area (Å²) in [4.78, 5) is 29.6. The van der Waals surface area contributed by atoms with E-state index in [9.17, 15) is 9.59 Å². The third-order valence-corrected chi connectivity index (χ3v) is 5.66. The van der Waals surface area contributed by atoms with Crippen molar-refractivity contribution in [1.82, 2.24) is 19.6 Å². The van der Waals surface area contributed by atoms with Crippen LogP contribution in [0.1, 0.15) is 10.4 Å². The summed E-state index contributed by atoms with van der Waals surface area (Å²) in [6.45, 7) is 3.59. The highest BCUT2D eigenvalue weighted by Crippen LogP contribution is 2.27. The number of thiophene rings is 1. The van der Waals surface area contributed by atoms with Crippen molar-refractivity contribution in [3.05, 3.63) is 50.6 Å². The number of rotatable bonds is 3. The largest absolute Gasteiger partial charge is 0.338 e. The Kier molecular flexibility index (Phi) is 6.62. The molecule has 0 radical (unpaired) electrons. The minimum Gasteiger partial charge on any atom is -0.338 e. The molecule has 1 saturated heterocycles. The van der Waals surface area contributed by atoms with Gasteiger partial charge in [0.1, 0.15) is 6.54 Å². The molecule has 6 nitrogen and oxygen atoms in total. The second-order valence-electron chi connectivity index (χ2n) is 6.06. The fourth-order valence-electron chi connectivity index (χ4n) is 3.21. The molecule has 4 heterocycles. The molecule has 2 aromatic rings. The van der Waals surface area contributed by atoms with Gasteiger partial charge in [-0.2, -0.15) is 5.10 Å². The predicted molar refractivity (Wildman–Crippen MR) is 102 cm³/mol. The molecule has 0 aliphatic carbocycles. The van der Waals surface area contributed by atoms with Crippen LogP contribution in [0.25, 0.3) is 0 Å². The summed E-state index contributed by atoms with van der Waals surface area (Å²) in [6, 6.07) is 5.65. The van der Waals surface area contributed by atoms with Crippen molar-refractivity contribution in [2.24, 2.45) is 0 Å². The van der Waals surface area contributed by atoms with Crippen LogP contribution >= 0.6 is 36.2 Å². The molecular formula is C16H20Cl2N4O2S. The lowest BCUT2D eigenvalue weighted by Crippen LogP contribution is -2.62. The number of hydrogen-bond donors (Lipinski definition) is 0. The van der Waals surface area contributed by atoms with Crippen LogP contribution in [0, 0.1) is 0 Å². The maximum Gasteiger partial charge on any atom is 0.267 e. The van der Waals surface area contributed by atoms with Crippen molar-refractivity contribution in [1.29, 1.82) is 0 Å². The molecule has 1 amide bonds. The zero-order valence-electron chi connectivity index (χ0n) is 13.5. The number of likely N-dealkylation sites (tertiary alicyclic amines) is 1. The van der Waals surface area contributed by atoms with Gasteiger partial charge in [-0.3, -0.25) is 14.5 Å². The van der Waals surface area contributed by atoms with E-state index in [0.29, 0.717) is 6.04 Å². The number of amides is 1. The molecule has 2 aromatic heterocycles. The van der Waals surface area contributed by atoms with Gasteiger partial charge in [0.25, 0.3) is 5.56 Å². The molecule has 9 heteroatoms. The summed E-state index contributed by atoms with van der Waals surface area (Å²) < 4.78 is 1.22. The Balaban J connectivity index is 0.00000113. The van der Waals surface area contributed by atoms with E-state index in [1.807, 2.05) is 16.2 Å². The molecule has 0 unspecified atom stereocenters. The van der Waals surface area contributed by atoms with Crippen molar-refractivity contribution in [2.75, 3.05) is 19.6 Å². The lowest BCUT2D eigenvalue weighted by atomic mass is 10.0. The quantitative estimate of drug-likeness (QED) is 0.778. The first-order valence-electron chi connectivity index (χ1n) is 7.80. The minimum atomic E-state index is -0.237. The Hall–Kier alpha value is -1.41. The molecule has 136 valence electrons. The SMILES string of the molecule is Cl.Cl.O=C(Cn1ncccc1=O)N1CC(N2CCc3sccc3C2)C1. The predicted octanol–water partition coefficient (Wildman–Crippen LogP) is 1.42. The lowest BCUT2D eigenvalue weighted by molar-refractivity contribution is -0.139. The molecule has 2 aliphatic rings. The lowest BCUT2D eigenvalue weighted by Gasteiger charge is -2.46. The summed E-state index contributed by atoms with van der Waals surface area (Å²) >= 11 is 1.84. The van der Waals surface area contributed by atoms with E-state index in [1.54, 1.807) is 6.07 Å². The maximum absolute atomic E-state index is 12.2. The second kappa shape index (κ2) is 8.31. The van der Waals surface area contributed by atoms with Gasteiger partial charge in [0, 0.05) is 49.4 Å². The third kappa shape index (κ3) is 4.06. The van der Waals surface area contributed by atoms with Gasteiger partial charge in [0.05, 0.1) is 0 Å². The Morgan fingerprint density at radius 1 is 1.28 bits per heavy atom. The van der Waals surface area contributed by atoms with E-state index in [0.717, 1.165) is 32.6 Å². The summed E-state index contributed by atoms with van der Waals surface area (Å²) in [7, 11) is 0. The molecule has 25 heavy (non-hydrogen) atoms. The van der Waals surface area contributed by atoms with Crippen LogP contribution < -0.4 is 5.56 Å². The van der Waals surface area contributed by atoms with Crippen LogP contribution in [0.15, 0.2) is 34.6 Å². The van der Waals surface area contributed by atoms with Crippen LogP contribution in [0.3, 0.4) is 0 Å². The van der Waals surface area contributed by atoms with Crippen molar-refractivity contribution in [3.63, 3.8) is 0 Å². The number of nitrogens with zero attached hydrogens (tertiary/aromatic N) is 4. The number of halogens is 2. The smallest absolute Gasteiger partial charge is 0.267 e. The molecule has 0 saturated carbocycles. The summed E-state index contributed by atoms with van der Waals surface area (Å²) in [5.41, 5.74) is 1.20. The number of fused-ring (bicyclic) bond motifs is 1. The Labute approximate surface area is 162 Å². The van der Waals surface area contributed by atoms with Gasteiger partial charge in [-0.25, -0.2) is 4.68 Å². The highest BCUT2D eigenvalue weighted by Gasteiger charge is 2.36. The Morgan fingerprint density at radius 2 is 2.08 bits per heavy atom. The number of aromatic nitrogens is 2. The average molecular weight is 403 g/mol. The van der Waals surface area contributed by atoms with Gasteiger partial charge in [0.15, 0.2) is 0 Å². The van der Waals surface area contributed by atoms with E-state index in [-0.39, 0.29) is 42.8 Å². The monoisotopic (exact) mass is 402 g/mol. The molecule has 2 aliphatic heterocycles. The molecule has 0 spiro atoms. The van der Waals surface area contributed by atoms with Crippen LogP contribution in [0.2, 0.25) is 0 Å². The highest BCUT2D eigenvalue weighted by molar-refractivity contribution is 7.10. The van der Waals surface area contributed by atoms with Gasteiger partial charge in [-0.1, -0.05) is 0 Å². The van der Waals surface area contributed by atoms with Crippen LogP contribution in [-0.4, -0.2) is 51.2 Å². The van der Waals surface area contributed by atoms with Crippen LogP contribution in [0.4, 0.5) is 0 Å². The first-order chi connectivity index (χ1) is 11.2. The summed E-state index contributed by atoms with van der Waals surface area (Å²) in [5, 5.41) is 6.10. The van der Waals surface area contributed by atoms with Crippen molar-refractivity contribution in [3.8, 4) is 0 Å². The van der Waals surface area contributed by atoms with Crippen molar-refractivity contribution < 1.29 is 4.79 Å². The number of carbonyl (C=O) groups excluding carboxylic acids is 1. The third-order valence-electron chi connectivity index (χ3n) is 4.64. The van der Waals surface area contributed by atoms with Crippen LogP contribution in [0.5, 0.6) is 0 Å². The first-order valence-corrected chi connectivity index (χ1v) is 8.68. The van der Waals surface area contributed by atoms with E-state index < -0.39 is 0 Å². The van der Waals surface area contributed by atoms with Crippen molar-refractivity contribution in [2.45, 2.75) is 25.6 Å². The van der Waals surface area contributed by atoms with Gasteiger partial charge >= 0.3 is 0 Å². The topological polar surface area (TPSA) is 58.4 Å². The van der Waals surface area contributed by atoms with E-state index in [4.69, 9.17) is 0 Å². The fourth-order valence-corrected chi connectivity index (χ4v) is 4.10. The van der Waals surface area contributed by atoms with E-state index in [2.05, 4.69) is 21.4 Å². The number of hydrogen-bond acceptors (Lipinski definition) is 5. The molecule has 4 rings (SSSR count). The first kappa shape index (κ1) is 19.9. The van der Waals surface area contributed by atoms with Gasteiger partial charge in [-0.15, -0.1) is 36.2 Å². The van der Waals surface area contributed by atoms with Gasteiger partial charge < -0.3 is 4.90 Å². The normalized spacial score (nSPS) is 17.0.